The van der Waals surface area contributed by atoms with E-state index >= 15 is 0 Å². The van der Waals surface area contributed by atoms with E-state index < -0.39 is 11.7 Å². The first-order chi connectivity index (χ1) is 14.3. The molecule has 1 saturated heterocycles. The molecule has 30 heavy (non-hydrogen) atoms. The van der Waals surface area contributed by atoms with Crippen LogP contribution in [0.4, 0.5) is 19.0 Å². The molecule has 1 saturated carbocycles. The second-order valence-electron chi connectivity index (χ2n) is 7.62. The highest BCUT2D eigenvalue weighted by atomic mass is 79.9. The number of anilines is 1. The van der Waals surface area contributed by atoms with Crippen LogP contribution in [0.25, 0.3) is 0 Å². The van der Waals surface area contributed by atoms with Crippen LogP contribution in [0, 0.1) is 17.2 Å². The first kappa shape index (κ1) is 20.7. The lowest BCUT2D eigenvalue weighted by Crippen LogP contribution is -2.48. The average Bonchev–Trinajstić information content (AvgIpc) is 3.51. The van der Waals surface area contributed by atoms with Crippen molar-refractivity contribution in [1.29, 1.82) is 5.26 Å². The van der Waals surface area contributed by atoms with Gasteiger partial charge in [0.2, 0.25) is 0 Å². The van der Waals surface area contributed by atoms with Crippen LogP contribution in [0.1, 0.15) is 40.7 Å². The standard InChI is InChI=1S/C21H18BrF3N4O/c22-17-5-1-12(9-26)7-16(17)20(30)29-15(4-2-13-8-18(13)29)11-28-19-6-3-14(10-27-19)21(23,24)25/h1,3,5-7,10,13,15,18H,2,4,8,11H2,(H,27,28)/t13-,15+,18+/m1/s1. The predicted octanol–water partition coefficient (Wildman–Crippen LogP) is 4.84. The summed E-state index contributed by atoms with van der Waals surface area (Å²) in [4.78, 5) is 19.0. The molecule has 3 atom stereocenters. The maximum absolute atomic E-state index is 13.3. The summed E-state index contributed by atoms with van der Waals surface area (Å²) in [6, 6.07) is 9.32. The number of benzene rings is 1. The lowest BCUT2D eigenvalue weighted by Gasteiger charge is -2.36. The van der Waals surface area contributed by atoms with Gasteiger partial charge in [0.1, 0.15) is 5.82 Å². The monoisotopic (exact) mass is 478 g/mol. The van der Waals surface area contributed by atoms with Crippen LogP contribution < -0.4 is 5.32 Å². The number of piperidine rings is 1. The molecule has 5 nitrogen and oxygen atoms in total. The van der Waals surface area contributed by atoms with Crippen molar-refractivity contribution in [2.75, 3.05) is 11.9 Å². The first-order valence-corrected chi connectivity index (χ1v) is 10.4. The van der Waals surface area contributed by atoms with Gasteiger partial charge in [-0.1, -0.05) is 0 Å². The van der Waals surface area contributed by atoms with Gasteiger partial charge in [-0.25, -0.2) is 4.98 Å². The number of alkyl halides is 3. The van der Waals surface area contributed by atoms with Gasteiger partial charge < -0.3 is 10.2 Å². The summed E-state index contributed by atoms with van der Waals surface area (Å²) in [6.07, 6.45) is -0.856. The van der Waals surface area contributed by atoms with E-state index in [1.807, 2.05) is 4.90 Å². The summed E-state index contributed by atoms with van der Waals surface area (Å²) in [5, 5.41) is 12.2. The number of fused-ring (bicyclic) bond motifs is 1. The summed E-state index contributed by atoms with van der Waals surface area (Å²) < 4.78 is 38.7. The Balaban J connectivity index is 1.50. The first-order valence-electron chi connectivity index (χ1n) is 9.57. The zero-order chi connectivity index (χ0) is 21.5. The van der Waals surface area contributed by atoms with E-state index in [9.17, 15) is 18.0 Å². The van der Waals surface area contributed by atoms with E-state index in [-0.39, 0.29) is 18.0 Å². The number of nitrogens with one attached hydrogen (secondary N) is 1. The molecule has 2 heterocycles. The molecule has 1 aliphatic carbocycles. The second-order valence-corrected chi connectivity index (χ2v) is 8.48. The summed E-state index contributed by atoms with van der Waals surface area (Å²) >= 11 is 3.40. The second kappa shape index (κ2) is 7.91. The number of nitrogens with zero attached hydrogens (tertiary/aromatic N) is 3. The Morgan fingerprint density at radius 2 is 2.10 bits per heavy atom. The molecule has 0 spiro atoms. The Morgan fingerprint density at radius 1 is 1.30 bits per heavy atom. The minimum Gasteiger partial charge on any atom is -0.368 e. The van der Waals surface area contributed by atoms with Crippen molar-refractivity contribution < 1.29 is 18.0 Å². The van der Waals surface area contributed by atoms with Gasteiger partial charge in [-0.15, -0.1) is 0 Å². The molecule has 2 aliphatic rings. The van der Waals surface area contributed by atoms with E-state index in [0.717, 1.165) is 31.5 Å². The van der Waals surface area contributed by atoms with Crippen LogP contribution in [0.3, 0.4) is 0 Å². The normalized spacial score (nSPS) is 22.8. The molecule has 156 valence electrons. The van der Waals surface area contributed by atoms with Crippen molar-refractivity contribution in [3.8, 4) is 6.07 Å². The van der Waals surface area contributed by atoms with Crippen LogP contribution in [-0.4, -0.2) is 34.4 Å². The van der Waals surface area contributed by atoms with E-state index in [2.05, 4.69) is 32.3 Å². The van der Waals surface area contributed by atoms with Crippen molar-refractivity contribution >= 4 is 27.7 Å². The van der Waals surface area contributed by atoms with Gasteiger partial charge in [0.25, 0.3) is 5.91 Å². The maximum Gasteiger partial charge on any atom is 0.417 e. The Bertz CT molecular complexity index is 1000. The molecule has 1 aromatic carbocycles. The number of nitriles is 1. The number of halogens is 4. The molecule has 9 heteroatoms. The van der Waals surface area contributed by atoms with Crippen molar-refractivity contribution in [3.05, 3.63) is 57.7 Å². The van der Waals surface area contributed by atoms with Gasteiger partial charge in [-0.2, -0.15) is 18.4 Å². The Morgan fingerprint density at radius 3 is 2.77 bits per heavy atom. The van der Waals surface area contributed by atoms with E-state index in [1.54, 1.807) is 18.2 Å². The van der Waals surface area contributed by atoms with Gasteiger partial charge >= 0.3 is 6.18 Å². The highest BCUT2D eigenvalue weighted by Gasteiger charge is 2.50. The SMILES string of the molecule is N#Cc1ccc(Br)c(C(=O)N2[C@H](CNc3ccc(C(F)(F)F)cn3)CC[C@@H]3C[C@@H]32)c1. The molecule has 4 rings (SSSR count). The topological polar surface area (TPSA) is 69.0 Å². The molecule has 1 amide bonds. The fourth-order valence-electron chi connectivity index (χ4n) is 4.00. The molecule has 0 unspecified atom stereocenters. The molecule has 1 N–H and O–H groups in total. The summed E-state index contributed by atoms with van der Waals surface area (Å²) in [6.45, 7) is 0.392. The van der Waals surface area contributed by atoms with Crippen LogP contribution in [-0.2, 0) is 6.18 Å². The summed E-state index contributed by atoms with van der Waals surface area (Å²) in [7, 11) is 0. The molecule has 2 fully saturated rings. The van der Waals surface area contributed by atoms with Crippen molar-refractivity contribution in [1.82, 2.24) is 9.88 Å². The number of hydrogen-bond donors (Lipinski definition) is 1. The zero-order valence-corrected chi connectivity index (χ0v) is 17.4. The van der Waals surface area contributed by atoms with Gasteiger partial charge in [-0.05, 0) is 71.4 Å². The molecular formula is C21H18BrF3N4O. The predicted molar refractivity (Wildman–Crippen MR) is 108 cm³/mol. The average molecular weight is 479 g/mol. The molecule has 0 bridgehead atoms. The Hall–Kier alpha value is -2.60. The van der Waals surface area contributed by atoms with E-state index in [4.69, 9.17) is 5.26 Å². The number of carbonyl (C=O) groups is 1. The fourth-order valence-corrected chi connectivity index (χ4v) is 4.42. The van der Waals surface area contributed by atoms with Crippen LogP contribution >= 0.6 is 15.9 Å². The highest BCUT2D eigenvalue weighted by Crippen LogP contribution is 2.46. The van der Waals surface area contributed by atoms with Crippen LogP contribution in [0.15, 0.2) is 41.0 Å². The minimum atomic E-state index is -4.43. The van der Waals surface area contributed by atoms with E-state index in [0.29, 0.717) is 33.9 Å². The van der Waals surface area contributed by atoms with Gasteiger partial charge in [0.05, 0.1) is 22.8 Å². The Kier molecular flexibility index (Phi) is 5.45. The molecule has 0 radical (unpaired) electrons. The number of amides is 1. The zero-order valence-electron chi connectivity index (χ0n) is 15.8. The third kappa shape index (κ3) is 4.15. The third-order valence-corrected chi connectivity index (χ3v) is 6.37. The summed E-state index contributed by atoms with van der Waals surface area (Å²) in [5.74, 6) is 0.687. The van der Waals surface area contributed by atoms with Crippen molar-refractivity contribution in [2.45, 2.75) is 37.5 Å². The molecule has 1 aliphatic heterocycles. The smallest absolute Gasteiger partial charge is 0.368 e. The maximum atomic E-state index is 13.3. The van der Waals surface area contributed by atoms with Gasteiger partial charge in [0, 0.05) is 29.3 Å². The van der Waals surface area contributed by atoms with Crippen molar-refractivity contribution in [2.24, 2.45) is 5.92 Å². The lowest BCUT2D eigenvalue weighted by molar-refractivity contribution is -0.137. The minimum absolute atomic E-state index is 0.108. The lowest BCUT2D eigenvalue weighted by atomic mass is 10.00. The number of carbonyl (C=O) groups excluding carboxylic acids is 1. The number of hydrogen-bond acceptors (Lipinski definition) is 4. The molecule has 2 aromatic rings. The number of aromatic nitrogens is 1. The van der Waals surface area contributed by atoms with Gasteiger partial charge in [0.15, 0.2) is 0 Å². The Labute approximate surface area is 180 Å². The summed E-state index contributed by atoms with van der Waals surface area (Å²) in [5.41, 5.74) is 0.0550. The van der Waals surface area contributed by atoms with Gasteiger partial charge in [-0.3, -0.25) is 4.79 Å². The fraction of sp³-hybridized carbons (Fsp3) is 0.381. The number of pyridine rings is 1. The molecule has 1 aromatic heterocycles. The molecular weight excluding hydrogens is 461 g/mol. The third-order valence-electron chi connectivity index (χ3n) is 5.68. The quantitative estimate of drug-likeness (QED) is 0.682. The number of rotatable bonds is 4. The van der Waals surface area contributed by atoms with E-state index in [1.165, 1.54) is 6.07 Å². The largest absolute Gasteiger partial charge is 0.417 e. The van der Waals surface area contributed by atoms with Crippen LogP contribution in [0.2, 0.25) is 0 Å². The number of likely N-dealkylation sites (tertiary alicyclic amines) is 1. The van der Waals surface area contributed by atoms with Crippen molar-refractivity contribution in [3.63, 3.8) is 0 Å². The highest BCUT2D eigenvalue weighted by molar-refractivity contribution is 9.10. The van der Waals surface area contributed by atoms with Crippen LogP contribution in [0.5, 0.6) is 0 Å².